The van der Waals surface area contributed by atoms with E-state index in [9.17, 15) is 31.1 Å². The number of benzene rings is 2. The van der Waals surface area contributed by atoms with Gasteiger partial charge in [-0.3, -0.25) is 9.69 Å². The highest BCUT2D eigenvalue weighted by atomic mass is 19.4. The molecule has 3 aliphatic rings. The maximum absolute atomic E-state index is 13.6. The number of alkyl halides is 6. The number of rotatable bonds is 7. The predicted molar refractivity (Wildman–Crippen MR) is 149 cm³/mol. The molecule has 42 heavy (non-hydrogen) atoms. The van der Waals surface area contributed by atoms with Crippen molar-refractivity contribution in [2.75, 3.05) is 19.6 Å². The predicted octanol–water partition coefficient (Wildman–Crippen LogP) is 6.92. The molecule has 1 saturated heterocycles. The van der Waals surface area contributed by atoms with Gasteiger partial charge in [0.2, 0.25) is 5.91 Å². The van der Waals surface area contributed by atoms with E-state index in [-0.39, 0.29) is 29.0 Å². The average Bonchev–Trinajstić information content (AvgIpc) is 3.55. The highest BCUT2D eigenvalue weighted by Crippen LogP contribution is 2.50. The van der Waals surface area contributed by atoms with Crippen molar-refractivity contribution in [2.45, 2.75) is 75.8 Å². The lowest BCUT2D eigenvalue weighted by Crippen LogP contribution is -2.51. The maximum Gasteiger partial charge on any atom is 0.416 e. The van der Waals surface area contributed by atoms with Crippen LogP contribution >= 0.6 is 0 Å². The molecule has 228 valence electrons. The van der Waals surface area contributed by atoms with Crippen LogP contribution in [0.3, 0.4) is 0 Å². The molecule has 1 saturated carbocycles. The molecule has 2 unspecified atom stereocenters. The Hall–Kier alpha value is -2.85. The van der Waals surface area contributed by atoms with E-state index in [0.29, 0.717) is 50.3 Å². The zero-order valence-electron chi connectivity index (χ0n) is 23.6. The molecular weight excluding hydrogens is 556 g/mol. The third kappa shape index (κ3) is 5.84. The van der Waals surface area contributed by atoms with E-state index in [1.807, 2.05) is 0 Å². The molecule has 1 heterocycles. The first-order valence-electron chi connectivity index (χ1n) is 14.6. The number of allylic oxidation sites excluding steroid dienone is 1. The zero-order valence-corrected chi connectivity index (χ0v) is 23.6. The second-order valence-corrected chi connectivity index (χ2v) is 12.3. The molecule has 2 aromatic rings. The van der Waals surface area contributed by atoms with Gasteiger partial charge in [-0.15, -0.1) is 0 Å². The second-order valence-electron chi connectivity index (χ2n) is 12.3. The van der Waals surface area contributed by atoms with Crippen molar-refractivity contribution in [3.63, 3.8) is 0 Å². The van der Waals surface area contributed by atoms with Gasteiger partial charge >= 0.3 is 12.4 Å². The van der Waals surface area contributed by atoms with Crippen molar-refractivity contribution >= 4 is 12.0 Å². The van der Waals surface area contributed by atoms with E-state index >= 15 is 0 Å². The molecule has 1 aliphatic heterocycles. The highest BCUT2D eigenvalue weighted by Gasteiger charge is 2.49. The SMILES string of the molecule is C[C@H]1CN(C2CCC(CCCN)(C(=O)NCc3cc(C(F)(F)F)cc(C(F)(F)F)c3)C2)CC[C@@]12C=Cc1ccccc12. The van der Waals surface area contributed by atoms with Crippen LogP contribution < -0.4 is 11.1 Å². The molecular formula is C32H37F6N3O. The zero-order chi connectivity index (χ0) is 30.3. The third-order valence-corrected chi connectivity index (χ3v) is 9.76. The van der Waals surface area contributed by atoms with Gasteiger partial charge in [-0.25, -0.2) is 0 Å². The van der Waals surface area contributed by atoms with Crippen LogP contribution in [-0.2, 0) is 29.1 Å². The summed E-state index contributed by atoms with van der Waals surface area (Å²) in [6.07, 6.45) is -1.27. The molecule has 0 radical (unpaired) electrons. The number of nitrogens with two attached hydrogens (primary N) is 1. The Kier molecular flexibility index (Phi) is 8.26. The Morgan fingerprint density at radius 2 is 1.74 bits per heavy atom. The van der Waals surface area contributed by atoms with Crippen molar-refractivity contribution in [2.24, 2.45) is 17.1 Å². The monoisotopic (exact) mass is 593 g/mol. The van der Waals surface area contributed by atoms with Gasteiger partial charge in [0.1, 0.15) is 0 Å². The average molecular weight is 594 g/mol. The first kappa shape index (κ1) is 30.6. The molecule has 1 spiro atoms. The minimum atomic E-state index is -4.94. The van der Waals surface area contributed by atoms with Gasteiger partial charge in [-0.1, -0.05) is 43.3 Å². The maximum atomic E-state index is 13.6. The number of likely N-dealkylation sites (tertiary alicyclic amines) is 1. The first-order valence-corrected chi connectivity index (χ1v) is 14.6. The largest absolute Gasteiger partial charge is 0.416 e. The van der Waals surface area contributed by atoms with Gasteiger partial charge in [-0.05, 0) is 92.4 Å². The molecule has 0 aromatic heterocycles. The molecule has 2 fully saturated rings. The Morgan fingerprint density at radius 3 is 2.38 bits per heavy atom. The second kappa shape index (κ2) is 11.3. The van der Waals surface area contributed by atoms with Crippen molar-refractivity contribution < 1.29 is 31.1 Å². The molecule has 4 nitrogen and oxygen atoms in total. The number of nitrogens with zero attached hydrogens (tertiary/aromatic N) is 1. The molecule has 4 atom stereocenters. The van der Waals surface area contributed by atoms with Crippen LogP contribution in [0.25, 0.3) is 6.08 Å². The number of halogens is 6. The summed E-state index contributed by atoms with van der Waals surface area (Å²) in [5.41, 5.74) is 4.62. The van der Waals surface area contributed by atoms with Crippen molar-refractivity contribution in [1.82, 2.24) is 10.2 Å². The van der Waals surface area contributed by atoms with Gasteiger partial charge in [0, 0.05) is 24.5 Å². The van der Waals surface area contributed by atoms with Crippen molar-refractivity contribution in [3.05, 3.63) is 76.4 Å². The van der Waals surface area contributed by atoms with Crippen LogP contribution in [0.15, 0.2) is 48.5 Å². The van der Waals surface area contributed by atoms with Crippen LogP contribution in [0.2, 0.25) is 0 Å². The van der Waals surface area contributed by atoms with Crippen LogP contribution in [-0.4, -0.2) is 36.5 Å². The molecule has 10 heteroatoms. The van der Waals surface area contributed by atoms with E-state index in [1.165, 1.54) is 11.1 Å². The minimum absolute atomic E-state index is 0.0000689. The van der Waals surface area contributed by atoms with Gasteiger partial charge in [0.05, 0.1) is 16.5 Å². The number of hydrogen-bond donors (Lipinski definition) is 2. The summed E-state index contributed by atoms with van der Waals surface area (Å²) in [4.78, 5) is 16.1. The number of amides is 1. The summed E-state index contributed by atoms with van der Waals surface area (Å²) in [6.45, 7) is 3.99. The van der Waals surface area contributed by atoms with Gasteiger partial charge in [0.15, 0.2) is 0 Å². The fourth-order valence-corrected chi connectivity index (χ4v) is 7.44. The summed E-state index contributed by atoms with van der Waals surface area (Å²) >= 11 is 0. The number of nitrogens with one attached hydrogen (secondary N) is 1. The van der Waals surface area contributed by atoms with Crippen LogP contribution in [0.1, 0.15) is 73.3 Å². The van der Waals surface area contributed by atoms with E-state index in [4.69, 9.17) is 5.73 Å². The molecule has 3 N–H and O–H groups in total. The first-order chi connectivity index (χ1) is 19.8. The number of fused-ring (bicyclic) bond motifs is 2. The van der Waals surface area contributed by atoms with Gasteiger partial charge < -0.3 is 11.1 Å². The number of carbonyl (C=O) groups is 1. The fraction of sp³-hybridized carbons (Fsp3) is 0.531. The molecule has 0 bridgehead atoms. The normalized spacial score (nSPS) is 27.9. The Labute approximate surface area is 242 Å². The van der Waals surface area contributed by atoms with E-state index in [1.54, 1.807) is 0 Å². The highest BCUT2D eigenvalue weighted by molar-refractivity contribution is 5.83. The topological polar surface area (TPSA) is 58.4 Å². The number of hydrogen-bond acceptors (Lipinski definition) is 3. The molecule has 2 aromatic carbocycles. The Bertz CT molecular complexity index is 1310. The number of carbonyl (C=O) groups excluding carboxylic acids is 1. The minimum Gasteiger partial charge on any atom is -0.352 e. The molecule has 1 amide bonds. The smallest absolute Gasteiger partial charge is 0.352 e. The van der Waals surface area contributed by atoms with Crippen molar-refractivity contribution in [1.29, 1.82) is 0 Å². The standard InChI is InChI=1S/C32H37F6N3O/c1-21-20-41(14-12-30(21)11-7-23-5-2-3-6-27(23)30)26-8-10-29(18-26,9-4-13-39)28(42)40-19-22-15-24(31(33,34)35)17-25(16-22)32(36,37)38/h2-3,5-7,11,15-17,21,26H,4,8-10,12-14,18-20,39H2,1H3,(H,40,42)/t21-,26?,29?,30-/m0/s1. The van der Waals surface area contributed by atoms with E-state index < -0.39 is 35.4 Å². The summed E-state index contributed by atoms with van der Waals surface area (Å²) in [5.74, 6) is 0.0290. The molecule has 2 aliphatic carbocycles. The van der Waals surface area contributed by atoms with Gasteiger partial charge in [-0.2, -0.15) is 26.3 Å². The summed E-state index contributed by atoms with van der Waals surface area (Å²) < 4.78 is 79.9. The lowest BCUT2D eigenvalue weighted by Gasteiger charge is -2.46. The van der Waals surface area contributed by atoms with Crippen molar-refractivity contribution in [3.8, 4) is 0 Å². The fourth-order valence-electron chi connectivity index (χ4n) is 7.44. The quantitative estimate of drug-likeness (QED) is 0.343. The Balaban J connectivity index is 1.29. The van der Waals surface area contributed by atoms with Crippen LogP contribution in [0.5, 0.6) is 0 Å². The number of piperidine rings is 1. The summed E-state index contributed by atoms with van der Waals surface area (Å²) in [5, 5.41) is 2.69. The van der Waals surface area contributed by atoms with Crippen LogP contribution in [0.4, 0.5) is 26.3 Å². The summed E-state index contributed by atoms with van der Waals surface area (Å²) in [6, 6.07) is 10.1. The summed E-state index contributed by atoms with van der Waals surface area (Å²) in [7, 11) is 0. The molecule has 5 rings (SSSR count). The third-order valence-electron chi connectivity index (χ3n) is 9.76. The lowest BCUT2D eigenvalue weighted by atomic mass is 9.67. The lowest BCUT2D eigenvalue weighted by molar-refractivity contribution is -0.143. The van der Waals surface area contributed by atoms with E-state index in [0.717, 1.165) is 25.9 Å². The van der Waals surface area contributed by atoms with Crippen LogP contribution in [0, 0.1) is 11.3 Å². The van der Waals surface area contributed by atoms with Gasteiger partial charge in [0.25, 0.3) is 0 Å². The Morgan fingerprint density at radius 1 is 1.05 bits per heavy atom. The van der Waals surface area contributed by atoms with E-state index in [2.05, 4.69) is 53.6 Å².